The van der Waals surface area contributed by atoms with Gasteiger partial charge in [-0.3, -0.25) is 9.48 Å². The van der Waals surface area contributed by atoms with Crippen molar-refractivity contribution in [2.75, 3.05) is 5.32 Å². The Morgan fingerprint density at radius 2 is 1.79 bits per heavy atom. The Bertz CT molecular complexity index is 991. The minimum Gasteiger partial charge on any atom is -0.321 e. The van der Waals surface area contributed by atoms with Crippen molar-refractivity contribution in [1.82, 2.24) is 14.8 Å². The quantitative estimate of drug-likeness (QED) is 0.693. The van der Waals surface area contributed by atoms with Gasteiger partial charge in [0.05, 0.1) is 17.5 Å². The van der Waals surface area contributed by atoms with Crippen molar-refractivity contribution >= 4 is 11.6 Å². The molecule has 8 heteroatoms. The van der Waals surface area contributed by atoms with E-state index in [1.807, 2.05) is 26.0 Å². The Hall–Kier alpha value is -3.16. The molecule has 28 heavy (non-hydrogen) atoms. The monoisotopic (exact) mass is 388 g/mol. The maximum atomic E-state index is 12.8. The Morgan fingerprint density at radius 1 is 1.11 bits per heavy atom. The van der Waals surface area contributed by atoms with Gasteiger partial charge in [0.1, 0.15) is 5.69 Å². The third-order valence-corrected chi connectivity index (χ3v) is 4.23. The molecule has 0 aliphatic rings. The molecule has 0 fully saturated rings. The molecule has 3 rings (SSSR count). The van der Waals surface area contributed by atoms with Crippen LogP contribution in [0.15, 0.2) is 48.8 Å². The zero-order valence-electron chi connectivity index (χ0n) is 15.6. The minimum atomic E-state index is -4.42. The van der Waals surface area contributed by atoms with Crippen LogP contribution in [0.25, 0.3) is 11.3 Å². The van der Waals surface area contributed by atoms with Gasteiger partial charge in [0.25, 0.3) is 5.91 Å². The minimum absolute atomic E-state index is 0.0452. The van der Waals surface area contributed by atoms with Crippen LogP contribution in [0.4, 0.5) is 18.9 Å². The van der Waals surface area contributed by atoms with Crippen molar-refractivity contribution in [1.29, 1.82) is 0 Å². The average molecular weight is 388 g/mol. The lowest BCUT2D eigenvalue weighted by Crippen LogP contribution is -2.17. The second-order valence-corrected chi connectivity index (χ2v) is 6.72. The summed E-state index contributed by atoms with van der Waals surface area (Å²) < 4.78 is 39.7. The number of nitrogens with zero attached hydrogens (tertiary/aromatic N) is 3. The third kappa shape index (κ3) is 4.21. The van der Waals surface area contributed by atoms with E-state index in [9.17, 15) is 18.0 Å². The Labute approximate surface area is 160 Å². The van der Waals surface area contributed by atoms with Crippen LogP contribution < -0.4 is 5.32 Å². The summed E-state index contributed by atoms with van der Waals surface area (Å²) in [6.45, 7) is 3.88. The maximum Gasteiger partial charge on any atom is 0.416 e. The summed E-state index contributed by atoms with van der Waals surface area (Å²) in [5.74, 6) is -0.432. The summed E-state index contributed by atoms with van der Waals surface area (Å²) in [7, 11) is 1.78. The molecule has 0 aliphatic carbocycles. The molecular formula is C20H19F3N4O. The molecule has 2 aromatic heterocycles. The topological polar surface area (TPSA) is 59.8 Å². The Balaban J connectivity index is 1.91. The SMILES string of the molecule is CC(C)c1ccc(-c2cnn(C)c2)nc1C(=O)Nc1ccc(C(F)(F)F)cc1. The fourth-order valence-electron chi connectivity index (χ4n) is 2.76. The number of pyridine rings is 1. The highest BCUT2D eigenvalue weighted by Crippen LogP contribution is 2.30. The summed E-state index contributed by atoms with van der Waals surface area (Å²) in [5.41, 5.74) is 1.83. The van der Waals surface area contributed by atoms with Crippen LogP contribution in [0.3, 0.4) is 0 Å². The molecule has 0 bridgehead atoms. The van der Waals surface area contributed by atoms with Crippen molar-refractivity contribution in [2.45, 2.75) is 25.9 Å². The summed E-state index contributed by atoms with van der Waals surface area (Å²) in [6.07, 6.45) is -0.989. The van der Waals surface area contributed by atoms with Crippen LogP contribution >= 0.6 is 0 Å². The van der Waals surface area contributed by atoms with Gasteiger partial charge in [-0.2, -0.15) is 18.3 Å². The molecule has 0 saturated carbocycles. The molecular weight excluding hydrogens is 369 g/mol. The molecule has 0 atom stereocenters. The highest BCUT2D eigenvalue weighted by atomic mass is 19.4. The van der Waals surface area contributed by atoms with E-state index >= 15 is 0 Å². The lowest BCUT2D eigenvalue weighted by atomic mass is 9.99. The first-order valence-corrected chi connectivity index (χ1v) is 8.63. The smallest absolute Gasteiger partial charge is 0.321 e. The highest BCUT2D eigenvalue weighted by molar-refractivity contribution is 6.04. The molecule has 0 aliphatic heterocycles. The summed E-state index contributed by atoms with van der Waals surface area (Å²) in [6, 6.07) is 7.96. The van der Waals surface area contributed by atoms with Gasteiger partial charge in [-0.25, -0.2) is 4.98 Å². The standard InChI is InChI=1S/C20H19F3N4O/c1-12(2)16-8-9-17(13-10-24-27(3)11-13)26-18(16)19(28)25-15-6-4-14(5-7-15)20(21,22)23/h4-12H,1-3H3,(H,25,28). The number of halogens is 3. The van der Waals surface area contributed by atoms with E-state index in [1.165, 1.54) is 12.1 Å². The van der Waals surface area contributed by atoms with Crippen molar-refractivity contribution in [3.05, 3.63) is 65.6 Å². The molecule has 0 saturated heterocycles. The fraction of sp³-hybridized carbons (Fsp3) is 0.250. The van der Waals surface area contributed by atoms with Crippen LogP contribution in [0.5, 0.6) is 0 Å². The highest BCUT2D eigenvalue weighted by Gasteiger charge is 2.30. The first-order chi connectivity index (χ1) is 13.1. The molecule has 1 amide bonds. The van der Waals surface area contributed by atoms with E-state index in [4.69, 9.17) is 0 Å². The van der Waals surface area contributed by atoms with Crippen molar-refractivity contribution in [3.63, 3.8) is 0 Å². The maximum absolute atomic E-state index is 12.8. The largest absolute Gasteiger partial charge is 0.416 e. The predicted octanol–water partition coefficient (Wildman–Crippen LogP) is 4.88. The summed E-state index contributed by atoms with van der Waals surface area (Å²) in [4.78, 5) is 17.3. The van der Waals surface area contributed by atoms with E-state index in [0.717, 1.165) is 23.3 Å². The van der Waals surface area contributed by atoms with Gasteiger partial charge in [-0.15, -0.1) is 0 Å². The number of amides is 1. The van der Waals surface area contributed by atoms with Gasteiger partial charge in [-0.1, -0.05) is 19.9 Å². The van der Waals surface area contributed by atoms with E-state index in [2.05, 4.69) is 15.4 Å². The summed E-state index contributed by atoms with van der Waals surface area (Å²) >= 11 is 0. The number of benzene rings is 1. The van der Waals surface area contributed by atoms with Crippen LogP contribution in [0, 0.1) is 0 Å². The van der Waals surface area contributed by atoms with E-state index in [-0.39, 0.29) is 17.3 Å². The number of hydrogen-bond acceptors (Lipinski definition) is 3. The number of rotatable bonds is 4. The zero-order chi connectivity index (χ0) is 20.5. The van der Waals surface area contributed by atoms with Gasteiger partial charge in [0.2, 0.25) is 0 Å². The van der Waals surface area contributed by atoms with Crippen molar-refractivity contribution in [2.24, 2.45) is 7.05 Å². The summed E-state index contributed by atoms with van der Waals surface area (Å²) in [5, 5.41) is 6.73. The fourth-order valence-corrected chi connectivity index (χ4v) is 2.76. The molecule has 0 spiro atoms. The van der Waals surface area contributed by atoms with Crippen LogP contribution in [-0.2, 0) is 13.2 Å². The molecule has 1 N–H and O–H groups in total. The number of alkyl halides is 3. The molecule has 3 aromatic rings. The zero-order valence-corrected chi connectivity index (χ0v) is 15.6. The third-order valence-electron chi connectivity index (χ3n) is 4.23. The van der Waals surface area contributed by atoms with Gasteiger partial charge in [0, 0.05) is 24.5 Å². The van der Waals surface area contributed by atoms with E-state index in [1.54, 1.807) is 24.1 Å². The number of aryl methyl sites for hydroxylation is 1. The van der Waals surface area contributed by atoms with Gasteiger partial charge in [-0.05, 0) is 41.8 Å². The number of nitrogens with one attached hydrogen (secondary N) is 1. The predicted molar refractivity (Wildman–Crippen MR) is 99.9 cm³/mol. The number of anilines is 1. The van der Waals surface area contributed by atoms with Crippen molar-refractivity contribution < 1.29 is 18.0 Å². The number of carbonyl (C=O) groups is 1. The van der Waals surface area contributed by atoms with Gasteiger partial charge >= 0.3 is 6.18 Å². The molecule has 0 unspecified atom stereocenters. The number of aromatic nitrogens is 3. The molecule has 0 radical (unpaired) electrons. The molecule has 5 nitrogen and oxygen atoms in total. The first kappa shape index (κ1) is 19.6. The normalized spacial score (nSPS) is 11.7. The van der Waals surface area contributed by atoms with Gasteiger partial charge in [0.15, 0.2) is 0 Å². The first-order valence-electron chi connectivity index (χ1n) is 8.63. The van der Waals surface area contributed by atoms with Crippen LogP contribution in [-0.4, -0.2) is 20.7 Å². The lowest BCUT2D eigenvalue weighted by molar-refractivity contribution is -0.137. The second kappa shape index (κ2) is 7.46. The van der Waals surface area contributed by atoms with E-state index < -0.39 is 17.6 Å². The Kier molecular flexibility index (Phi) is 5.22. The van der Waals surface area contributed by atoms with Crippen LogP contribution in [0.2, 0.25) is 0 Å². The van der Waals surface area contributed by atoms with Crippen LogP contribution in [0.1, 0.15) is 41.4 Å². The molecule has 2 heterocycles. The number of carbonyl (C=O) groups excluding carboxylic acids is 1. The molecule has 1 aromatic carbocycles. The number of hydrogen-bond donors (Lipinski definition) is 1. The average Bonchev–Trinajstić information content (AvgIpc) is 3.07. The van der Waals surface area contributed by atoms with Gasteiger partial charge < -0.3 is 5.32 Å². The van der Waals surface area contributed by atoms with Crippen molar-refractivity contribution in [3.8, 4) is 11.3 Å². The molecule has 146 valence electrons. The Morgan fingerprint density at radius 3 is 2.32 bits per heavy atom. The lowest BCUT2D eigenvalue weighted by Gasteiger charge is -2.14. The van der Waals surface area contributed by atoms with E-state index in [0.29, 0.717) is 5.69 Å². The second-order valence-electron chi connectivity index (χ2n) is 6.72.